The van der Waals surface area contributed by atoms with E-state index in [0.29, 0.717) is 19.3 Å². The molecule has 6 atom stereocenters. The molecule has 0 saturated carbocycles. The molecule has 1 aliphatic rings. The second-order valence-electron chi connectivity index (χ2n) is 23.1. The van der Waals surface area contributed by atoms with Crippen LogP contribution in [0.1, 0.15) is 316 Å². The molecule has 0 aromatic heterocycles. The van der Waals surface area contributed by atoms with Crippen molar-refractivity contribution in [3.63, 3.8) is 0 Å². The van der Waals surface area contributed by atoms with Gasteiger partial charge in [-0.05, 0) is 77.0 Å². The quantitative estimate of drug-likeness (QED) is 0.0228. The molecule has 0 aromatic rings. The van der Waals surface area contributed by atoms with Crippen molar-refractivity contribution in [1.82, 2.24) is 0 Å². The molecule has 1 heterocycles. The summed E-state index contributed by atoms with van der Waals surface area (Å²) in [4.78, 5) is 51.4. The fraction of sp³-hybridized carbons (Fsp3) is 0.826. The normalized spacial score (nSPS) is 18.0. The van der Waals surface area contributed by atoms with Gasteiger partial charge in [-0.15, -0.1) is 0 Å². The average molecular weight is 1140 g/mol. The van der Waals surface area contributed by atoms with Gasteiger partial charge < -0.3 is 39.0 Å². The summed E-state index contributed by atoms with van der Waals surface area (Å²) >= 11 is 0. The predicted octanol–water partition coefficient (Wildman–Crippen LogP) is 18.1. The van der Waals surface area contributed by atoms with Crippen LogP contribution in [0.3, 0.4) is 0 Å². The summed E-state index contributed by atoms with van der Waals surface area (Å²) in [6, 6.07) is 0. The van der Waals surface area contributed by atoms with Crippen molar-refractivity contribution in [2.24, 2.45) is 0 Å². The van der Waals surface area contributed by atoms with Gasteiger partial charge in [0.15, 0.2) is 24.6 Å². The number of aliphatic hydroxyl groups excluding tert-OH is 2. The van der Waals surface area contributed by atoms with Gasteiger partial charge in [-0.3, -0.25) is 14.4 Å². The molecule has 0 bridgehead atoms. The number of hydrogen-bond donors (Lipinski definition) is 3. The summed E-state index contributed by atoms with van der Waals surface area (Å²) < 4.78 is 28.6. The molecule has 0 spiro atoms. The second kappa shape index (κ2) is 57.1. The van der Waals surface area contributed by atoms with E-state index in [0.717, 1.165) is 103 Å². The highest BCUT2D eigenvalue weighted by atomic mass is 16.7. The zero-order chi connectivity index (χ0) is 58.9. The predicted molar refractivity (Wildman–Crippen MR) is 331 cm³/mol. The van der Waals surface area contributed by atoms with E-state index in [4.69, 9.17) is 23.7 Å². The van der Waals surface area contributed by atoms with E-state index in [9.17, 15) is 34.5 Å². The lowest BCUT2D eigenvalue weighted by molar-refractivity contribution is -0.301. The van der Waals surface area contributed by atoms with Crippen LogP contribution >= 0.6 is 0 Å². The highest BCUT2D eigenvalue weighted by Crippen LogP contribution is 2.27. The molecule has 1 fully saturated rings. The zero-order valence-electron chi connectivity index (χ0n) is 52.0. The maximum atomic E-state index is 13.2. The molecule has 0 aliphatic carbocycles. The summed E-state index contributed by atoms with van der Waals surface area (Å²) in [5.74, 6) is -3.11. The number of esters is 3. The van der Waals surface area contributed by atoms with E-state index in [2.05, 4.69) is 69.4 Å². The minimum Gasteiger partial charge on any atom is -0.479 e. The molecule has 12 heteroatoms. The summed E-state index contributed by atoms with van der Waals surface area (Å²) in [7, 11) is 0. The van der Waals surface area contributed by atoms with Gasteiger partial charge in [0, 0.05) is 19.3 Å². The summed E-state index contributed by atoms with van der Waals surface area (Å²) in [5, 5.41) is 31.6. The topological polar surface area (TPSA) is 175 Å². The number of carboxylic acids is 1. The Morgan fingerprint density at radius 3 is 1.20 bits per heavy atom. The highest BCUT2D eigenvalue weighted by Gasteiger charge is 2.50. The number of aliphatic carboxylic acids is 1. The Kier molecular flexibility index (Phi) is 53.4. The molecule has 1 rings (SSSR count). The van der Waals surface area contributed by atoms with Crippen LogP contribution in [0, 0.1) is 0 Å². The van der Waals surface area contributed by atoms with Crippen LogP contribution in [0.25, 0.3) is 0 Å². The van der Waals surface area contributed by atoms with Gasteiger partial charge in [0.1, 0.15) is 18.8 Å². The Balaban J connectivity index is 2.65. The Hall–Kier alpha value is -3.32. The largest absolute Gasteiger partial charge is 0.479 e. The van der Waals surface area contributed by atoms with E-state index >= 15 is 0 Å². The number of rotatable bonds is 58. The van der Waals surface area contributed by atoms with Gasteiger partial charge >= 0.3 is 23.9 Å². The molecule has 81 heavy (non-hydrogen) atoms. The first-order chi connectivity index (χ1) is 39.6. The first-order valence-corrected chi connectivity index (χ1v) is 33.6. The summed E-state index contributed by atoms with van der Waals surface area (Å²) in [5.41, 5.74) is 0. The smallest absolute Gasteiger partial charge is 0.335 e. The van der Waals surface area contributed by atoms with Crippen LogP contribution in [0.15, 0.2) is 48.6 Å². The van der Waals surface area contributed by atoms with Crippen LogP contribution in [-0.4, -0.2) is 89.2 Å². The average Bonchev–Trinajstić information content (AvgIpc) is 3.53. The number of carboxylic acid groups (broad SMARTS) is 1. The van der Waals surface area contributed by atoms with Crippen molar-refractivity contribution in [2.45, 2.75) is 353 Å². The lowest BCUT2D eigenvalue weighted by Gasteiger charge is -2.40. The molecule has 0 amide bonds. The number of unbranched alkanes of at least 4 members (excludes halogenated alkanes) is 36. The molecule has 3 N–H and O–H groups in total. The molecule has 1 aliphatic heterocycles. The maximum absolute atomic E-state index is 13.2. The molecule has 470 valence electrons. The van der Waals surface area contributed by atoms with Crippen molar-refractivity contribution in [3.05, 3.63) is 48.6 Å². The Morgan fingerprint density at radius 1 is 0.420 bits per heavy atom. The van der Waals surface area contributed by atoms with Crippen molar-refractivity contribution >= 4 is 23.9 Å². The van der Waals surface area contributed by atoms with Crippen LogP contribution in [-0.2, 0) is 42.9 Å². The van der Waals surface area contributed by atoms with Gasteiger partial charge in [-0.2, -0.15) is 0 Å². The Morgan fingerprint density at radius 2 is 0.778 bits per heavy atom. The van der Waals surface area contributed by atoms with Crippen LogP contribution in [0.5, 0.6) is 0 Å². The number of ether oxygens (including phenoxy) is 5. The van der Waals surface area contributed by atoms with Crippen molar-refractivity contribution in [3.8, 4) is 0 Å². The van der Waals surface area contributed by atoms with E-state index in [1.54, 1.807) is 0 Å². The number of carbonyl (C=O) groups excluding carboxylic acids is 3. The number of carbonyl (C=O) groups is 4. The molecule has 1 saturated heterocycles. The third kappa shape index (κ3) is 46.7. The first-order valence-electron chi connectivity index (χ1n) is 33.6. The maximum Gasteiger partial charge on any atom is 0.335 e. The highest BCUT2D eigenvalue weighted by molar-refractivity contribution is 5.74. The second-order valence-corrected chi connectivity index (χ2v) is 23.1. The van der Waals surface area contributed by atoms with Crippen molar-refractivity contribution in [1.29, 1.82) is 0 Å². The molecule has 0 aromatic carbocycles. The van der Waals surface area contributed by atoms with Gasteiger partial charge in [0.25, 0.3) is 0 Å². The zero-order valence-corrected chi connectivity index (χ0v) is 52.0. The monoisotopic (exact) mass is 1140 g/mol. The SMILES string of the molecule is CC/C=C\C/C=C\C/C=C\CCCCCCCCCC(=O)OCC(COC1OC(C(=O)O)C(O)C(O)C1OC(=O)CCCCCCCCC/C=C\CCCCCCCC)OC(=O)CCCCCCCCCCCCCCCCCCC. The number of hydrogen-bond acceptors (Lipinski definition) is 11. The van der Waals surface area contributed by atoms with Crippen molar-refractivity contribution < 1.29 is 58.2 Å². The van der Waals surface area contributed by atoms with Gasteiger partial charge in [0.2, 0.25) is 0 Å². The molecule has 12 nitrogen and oxygen atoms in total. The fourth-order valence-electron chi connectivity index (χ4n) is 10.3. The molecular formula is C69H122O12. The van der Waals surface area contributed by atoms with Gasteiger partial charge in [-0.1, -0.05) is 268 Å². The fourth-order valence-corrected chi connectivity index (χ4v) is 10.3. The van der Waals surface area contributed by atoms with E-state index in [1.807, 2.05) is 0 Å². The lowest BCUT2D eigenvalue weighted by Crippen LogP contribution is -2.61. The van der Waals surface area contributed by atoms with Crippen molar-refractivity contribution in [2.75, 3.05) is 13.2 Å². The minimum absolute atomic E-state index is 0.0572. The number of aliphatic hydroxyl groups is 2. The minimum atomic E-state index is -1.90. The number of allylic oxidation sites excluding steroid dienone is 8. The molecule has 6 unspecified atom stereocenters. The Labute approximate surface area is 494 Å². The molecular weight excluding hydrogens is 1020 g/mol. The van der Waals surface area contributed by atoms with E-state index in [-0.39, 0.29) is 25.9 Å². The molecule has 0 radical (unpaired) electrons. The van der Waals surface area contributed by atoms with E-state index < -0.39 is 67.3 Å². The van der Waals surface area contributed by atoms with E-state index in [1.165, 1.54) is 154 Å². The standard InChI is InChI=1S/C69H122O12/c1-4-7-10-13-16-19-22-25-28-31-34-37-40-43-46-49-52-55-61(70)77-58-60(79-62(71)56-53-50-47-44-41-38-35-32-29-26-23-20-17-14-11-8-5-2)59-78-69-67(65(74)64(73)66(81-69)68(75)76)80-63(72)57-54-51-48-45-42-39-36-33-30-27-24-21-18-15-12-9-6-3/h7,10,16,19,25,27-28,30,60,64-67,69,73-74H,4-6,8-9,11-15,17-18,20-24,26,29,31-59H2,1-3H3,(H,75,76)/b10-7-,19-16-,28-25-,30-27-. The summed E-state index contributed by atoms with van der Waals surface area (Å²) in [6.07, 6.45) is 57.8. The third-order valence-corrected chi connectivity index (χ3v) is 15.4. The third-order valence-electron chi connectivity index (χ3n) is 15.4. The Bertz CT molecular complexity index is 1590. The lowest BCUT2D eigenvalue weighted by atomic mass is 9.98. The van der Waals surface area contributed by atoms with Crippen LogP contribution in [0.2, 0.25) is 0 Å². The summed E-state index contributed by atoms with van der Waals surface area (Å²) in [6.45, 7) is 5.93. The van der Waals surface area contributed by atoms with Crippen LogP contribution in [0.4, 0.5) is 0 Å². The van der Waals surface area contributed by atoms with Crippen LogP contribution < -0.4 is 0 Å². The van der Waals surface area contributed by atoms with Gasteiger partial charge in [0.05, 0.1) is 6.61 Å². The first kappa shape index (κ1) is 75.7. The van der Waals surface area contributed by atoms with Gasteiger partial charge in [-0.25, -0.2) is 4.79 Å².